The highest BCUT2D eigenvalue weighted by Crippen LogP contribution is 2.15. The van der Waals surface area contributed by atoms with Gasteiger partial charge in [0, 0.05) is 31.1 Å². The summed E-state index contributed by atoms with van der Waals surface area (Å²) in [7, 11) is 1.72. The highest BCUT2D eigenvalue weighted by atomic mass is 32.2. The van der Waals surface area contributed by atoms with E-state index in [1.54, 1.807) is 7.11 Å². The normalized spacial score (nSPS) is 14.5. The standard InChI is InChI=1S/C13H25N3OS/c1-10-8-16(7-6-12(3)18-5)13(14-10)15-11(2)9-17-4/h8,11-12H,6-7,9H2,1-5H3,(H,14,15). The number of ether oxygens (including phenoxy) is 1. The van der Waals surface area contributed by atoms with E-state index in [1.807, 2.05) is 18.7 Å². The Labute approximate surface area is 115 Å². The summed E-state index contributed by atoms with van der Waals surface area (Å²) < 4.78 is 7.34. The molecule has 0 spiro atoms. The van der Waals surface area contributed by atoms with Crippen molar-refractivity contribution in [3.05, 3.63) is 11.9 Å². The molecule has 0 saturated carbocycles. The molecular weight excluding hydrogens is 246 g/mol. The molecule has 1 aromatic heterocycles. The molecule has 0 saturated heterocycles. The third-order valence-electron chi connectivity index (χ3n) is 2.87. The van der Waals surface area contributed by atoms with E-state index >= 15 is 0 Å². The fraction of sp³-hybridized carbons (Fsp3) is 0.769. The average Bonchev–Trinajstić information content (AvgIpc) is 2.66. The van der Waals surface area contributed by atoms with Crippen molar-refractivity contribution in [2.45, 2.75) is 45.0 Å². The van der Waals surface area contributed by atoms with E-state index in [4.69, 9.17) is 4.74 Å². The molecule has 18 heavy (non-hydrogen) atoms. The van der Waals surface area contributed by atoms with Crippen molar-refractivity contribution < 1.29 is 4.74 Å². The lowest BCUT2D eigenvalue weighted by Crippen LogP contribution is -2.23. The molecule has 0 amide bonds. The van der Waals surface area contributed by atoms with Gasteiger partial charge in [0.25, 0.3) is 0 Å². The fourth-order valence-corrected chi connectivity index (χ4v) is 2.12. The Hall–Kier alpha value is -0.680. The van der Waals surface area contributed by atoms with Gasteiger partial charge in [0.05, 0.1) is 12.3 Å². The SMILES string of the molecule is COCC(C)Nc1nc(C)cn1CCC(C)SC. The molecule has 0 aromatic carbocycles. The van der Waals surface area contributed by atoms with E-state index in [0.717, 1.165) is 24.6 Å². The van der Waals surface area contributed by atoms with Gasteiger partial charge in [0.15, 0.2) is 0 Å². The van der Waals surface area contributed by atoms with Crippen LogP contribution in [0.5, 0.6) is 0 Å². The van der Waals surface area contributed by atoms with Crippen molar-refractivity contribution >= 4 is 17.7 Å². The lowest BCUT2D eigenvalue weighted by molar-refractivity contribution is 0.190. The quantitative estimate of drug-likeness (QED) is 0.789. The van der Waals surface area contributed by atoms with Crippen LogP contribution in [0.25, 0.3) is 0 Å². The number of nitrogens with zero attached hydrogens (tertiary/aromatic N) is 2. The third kappa shape index (κ3) is 4.90. The molecular formula is C13H25N3OS. The first-order chi connectivity index (χ1) is 8.56. The van der Waals surface area contributed by atoms with E-state index < -0.39 is 0 Å². The molecule has 0 aliphatic rings. The minimum absolute atomic E-state index is 0.272. The first-order valence-electron chi connectivity index (χ1n) is 6.38. The summed E-state index contributed by atoms with van der Waals surface area (Å²) >= 11 is 1.90. The Morgan fingerprint density at radius 1 is 1.50 bits per heavy atom. The molecule has 0 bridgehead atoms. The first kappa shape index (κ1) is 15.4. The van der Waals surface area contributed by atoms with E-state index in [-0.39, 0.29) is 6.04 Å². The smallest absolute Gasteiger partial charge is 0.203 e. The Kier molecular flexibility index (Phi) is 6.57. The average molecular weight is 271 g/mol. The number of aryl methyl sites for hydroxylation is 2. The number of hydrogen-bond acceptors (Lipinski definition) is 4. The molecule has 5 heteroatoms. The van der Waals surface area contributed by atoms with Crippen molar-refractivity contribution in [1.82, 2.24) is 9.55 Å². The largest absolute Gasteiger partial charge is 0.383 e. The number of thioether (sulfide) groups is 1. The Bertz CT molecular complexity index is 354. The molecule has 104 valence electrons. The summed E-state index contributed by atoms with van der Waals surface area (Å²) in [4.78, 5) is 4.53. The van der Waals surface area contributed by atoms with Crippen molar-refractivity contribution in [2.24, 2.45) is 0 Å². The lowest BCUT2D eigenvalue weighted by Gasteiger charge is -2.16. The number of aromatic nitrogens is 2. The minimum Gasteiger partial charge on any atom is -0.383 e. The van der Waals surface area contributed by atoms with Crippen molar-refractivity contribution in [3.8, 4) is 0 Å². The number of nitrogens with one attached hydrogen (secondary N) is 1. The Morgan fingerprint density at radius 3 is 2.83 bits per heavy atom. The van der Waals surface area contributed by atoms with Gasteiger partial charge in [-0.2, -0.15) is 11.8 Å². The van der Waals surface area contributed by atoms with Gasteiger partial charge in [0.2, 0.25) is 5.95 Å². The second kappa shape index (κ2) is 7.69. The summed E-state index contributed by atoms with van der Waals surface area (Å²) in [6.45, 7) is 8.08. The highest BCUT2D eigenvalue weighted by Gasteiger charge is 2.10. The summed E-state index contributed by atoms with van der Waals surface area (Å²) in [6, 6.07) is 0.272. The predicted octanol–water partition coefficient (Wildman–Crippen LogP) is 2.78. The molecule has 0 radical (unpaired) electrons. The summed E-state index contributed by atoms with van der Waals surface area (Å²) in [5.74, 6) is 0.949. The zero-order chi connectivity index (χ0) is 13.5. The zero-order valence-electron chi connectivity index (χ0n) is 12.1. The van der Waals surface area contributed by atoms with E-state index in [2.05, 4.69) is 41.2 Å². The minimum atomic E-state index is 0.272. The molecule has 0 aliphatic carbocycles. The van der Waals surface area contributed by atoms with Crippen LogP contribution in [0.1, 0.15) is 26.0 Å². The van der Waals surface area contributed by atoms with Gasteiger partial charge in [-0.15, -0.1) is 0 Å². The molecule has 1 heterocycles. The fourth-order valence-electron chi connectivity index (χ4n) is 1.78. The van der Waals surface area contributed by atoms with Crippen LogP contribution in [-0.2, 0) is 11.3 Å². The van der Waals surface area contributed by atoms with E-state index in [1.165, 1.54) is 0 Å². The van der Waals surface area contributed by atoms with Crippen LogP contribution in [0.2, 0.25) is 0 Å². The summed E-state index contributed by atoms with van der Waals surface area (Å²) in [5.41, 5.74) is 1.05. The van der Waals surface area contributed by atoms with Crippen LogP contribution in [0.3, 0.4) is 0 Å². The predicted molar refractivity (Wildman–Crippen MR) is 79.5 cm³/mol. The number of methoxy groups -OCH3 is 1. The van der Waals surface area contributed by atoms with Crippen LogP contribution in [0.4, 0.5) is 5.95 Å². The number of rotatable bonds is 8. The van der Waals surface area contributed by atoms with Gasteiger partial charge in [-0.1, -0.05) is 6.92 Å². The van der Waals surface area contributed by atoms with Crippen molar-refractivity contribution in [1.29, 1.82) is 0 Å². The maximum Gasteiger partial charge on any atom is 0.203 e. The van der Waals surface area contributed by atoms with Crippen LogP contribution in [-0.4, -0.2) is 40.8 Å². The summed E-state index contributed by atoms with van der Waals surface area (Å²) in [5, 5.41) is 4.07. The Balaban J connectivity index is 2.61. The second-order valence-electron chi connectivity index (χ2n) is 4.74. The van der Waals surface area contributed by atoms with Gasteiger partial charge < -0.3 is 14.6 Å². The summed E-state index contributed by atoms with van der Waals surface area (Å²) in [6.07, 6.45) is 5.42. The molecule has 0 fully saturated rings. The van der Waals surface area contributed by atoms with Crippen molar-refractivity contribution in [3.63, 3.8) is 0 Å². The third-order valence-corrected chi connectivity index (χ3v) is 3.91. The first-order valence-corrected chi connectivity index (χ1v) is 7.67. The van der Waals surface area contributed by atoms with Gasteiger partial charge in [-0.3, -0.25) is 0 Å². The van der Waals surface area contributed by atoms with Gasteiger partial charge in [-0.25, -0.2) is 4.98 Å². The molecule has 2 atom stereocenters. The zero-order valence-corrected chi connectivity index (χ0v) is 12.9. The van der Waals surface area contributed by atoms with Crippen LogP contribution >= 0.6 is 11.8 Å². The molecule has 1 aromatic rings. The van der Waals surface area contributed by atoms with E-state index in [0.29, 0.717) is 11.9 Å². The highest BCUT2D eigenvalue weighted by molar-refractivity contribution is 7.99. The van der Waals surface area contributed by atoms with Crippen LogP contribution in [0.15, 0.2) is 6.20 Å². The number of imidazole rings is 1. The topological polar surface area (TPSA) is 39.1 Å². The molecule has 4 nitrogen and oxygen atoms in total. The maximum absolute atomic E-state index is 5.14. The molecule has 2 unspecified atom stereocenters. The Morgan fingerprint density at radius 2 is 2.22 bits per heavy atom. The number of anilines is 1. The van der Waals surface area contributed by atoms with Crippen molar-refractivity contribution in [2.75, 3.05) is 25.3 Å². The molecule has 1 N–H and O–H groups in total. The van der Waals surface area contributed by atoms with Gasteiger partial charge in [0.1, 0.15) is 0 Å². The lowest BCUT2D eigenvalue weighted by atomic mass is 10.3. The molecule has 0 aliphatic heterocycles. The monoisotopic (exact) mass is 271 g/mol. The van der Waals surface area contributed by atoms with Gasteiger partial charge >= 0.3 is 0 Å². The van der Waals surface area contributed by atoms with Crippen LogP contribution < -0.4 is 5.32 Å². The molecule has 1 rings (SSSR count). The second-order valence-corrected chi connectivity index (χ2v) is 6.01. The van der Waals surface area contributed by atoms with E-state index in [9.17, 15) is 0 Å². The van der Waals surface area contributed by atoms with Crippen LogP contribution in [0, 0.1) is 6.92 Å². The maximum atomic E-state index is 5.14. The number of hydrogen-bond donors (Lipinski definition) is 1. The van der Waals surface area contributed by atoms with Gasteiger partial charge in [-0.05, 0) is 26.5 Å².